The maximum Gasteiger partial charge on any atom is 0.132 e. The maximum atomic E-state index is 7.09. The van der Waals surface area contributed by atoms with Crippen molar-refractivity contribution in [3.8, 4) is 67.1 Å². The van der Waals surface area contributed by atoms with Gasteiger partial charge >= 0.3 is 0 Å². The molecular weight excluding hydrogens is 799 g/mol. The van der Waals surface area contributed by atoms with Crippen LogP contribution in [0.25, 0.3) is 55.6 Å². The van der Waals surface area contributed by atoms with E-state index >= 15 is 0 Å². The monoisotopic (exact) mass is 843 g/mol. The highest BCUT2D eigenvalue weighted by atomic mass is 16.5. The zero-order valence-corrected chi connectivity index (χ0v) is 36.9. The average molecular weight is 844 g/mol. The normalized spacial score (nSPS) is 15.4. The highest BCUT2D eigenvalue weighted by Gasteiger charge is 2.52. The zero-order chi connectivity index (χ0) is 44.0. The summed E-state index contributed by atoms with van der Waals surface area (Å²) in [5, 5.41) is 0. The van der Waals surface area contributed by atoms with E-state index in [9.17, 15) is 0 Å². The number of fused-ring (bicyclic) bond motifs is 12. The summed E-state index contributed by atoms with van der Waals surface area (Å²) in [6, 6.07) is 86.9. The number of ether oxygens (including phenoxy) is 1. The topological polar surface area (TPSA) is 12.5 Å². The SMILES string of the molecule is CC1(C)c2ccccc2-c2ccc(N(c3ccc(-c4ccccc4)cc3)c3ccc4c(c3)C3(c5ccccc5Oc5cc(-c6ccccc6)c(-c6ccccc6)cc53)c3ccccc3-4)cc21. The predicted molar refractivity (Wildman–Crippen MR) is 272 cm³/mol. The Kier molecular flexibility index (Phi) is 8.51. The molecule has 0 aromatic heterocycles. The molecule has 0 saturated heterocycles. The predicted octanol–water partition coefficient (Wildman–Crippen LogP) is 16.9. The minimum atomic E-state index is -0.685. The zero-order valence-electron chi connectivity index (χ0n) is 36.9. The van der Waals surface area contributed by atoms with E-state index in [4.69, 9.17) is 4.74 Å². The molecule has 0 radical (unpaired) electrons. The van der Waals surface area contributed by atoms with Gasteiger partial charge < -0.3 is 9.64 Å². The summed E-state index contributed by atoms with van der Waals surface area (Å²) in [6.07, 6.45) is 0. The fraction of sp³-hybridized carbons (Fsp3) is 0.0625. The second-order valence-electron chi connectivity index (χ2n) is 18.4. The molecule has 10 aromatic rings. The lowest BCUT2D eigenvalue weighted by atomic mass is 9.65. The third-order valence-corrected chi connectivity index (χ3v) is 14.5. The molecule has 0 fully saturated rings. The van der Waals surface area contributed by atoms with Gasteiger partial charge in [0.2, 0.25) is 0 Å². The van der Waals surface area contributed by atoms with Gasteiger partial charge in [-0.1, -0.05) is 196 Å². The fourth-order valence-electron chi connectivity index (χ4n) is 11.5. The Morgan fingerprint density at radius 1 is 0.288 bits per heavy atom. The number of rotatable bonds is 6. The van der Waals surface area contributed by atoms with Crippen LogP contribution >= 0.6 is 0 Å². The van der Waals surface area contributed by atoms with Crippen molar-refractivity contribution in [2.45, 2.75) is 24.7 Å². The van der Waals surface area contributed by atoms with Crippen LogP contribution in [0.2, 0.25) is 0 Å². The molecule has 66 heavy (non-hydrogen) atoms. The molecular formula is C64H45NO. The molecule has 1 heterocycles. The Labute approximate surface area is 386 Å². The highest BCUT2D eigenvalue weighted by molar-refractivity contribution is 5.94. The van der Waals surface area contributed by atoms with E-state index in [2.05, 4.69) is 255 Å². The van der Waals surface area contributed by atoms with Crippen molar-refractivity contribution in [2.75, 3.05) is 4.90 Å². The number of hydrogen-bond acceptors (Lipinski definition) is 2. The molecule has 0 saturated carbocycles. The summed E-state index contributed by atoms with van der Waals surface area (Å²) >= 11 is 0. The van der Waals surface area contributed by atoms with Gasteiger partial charge in [-0.15, -0.1) is 0 Å². The van der Waals surface area contributed by atoms with E-state index in [0.717, 1.165) is 50.8 Å². The van der Waals surface area contributed by atoms with Crippen LogP contribution in [-0.4, -0.2) is 0 Å². The molecule has 2 aliphatic carbocycles. The van der Waals surface area contributed by atoms with E-state index in [0.29, 0.717) is 0 Å². The third kappa shape index (κ3) is 5.61. The van der Waals surface area contributed by atoms with Gasteiger partial charge in [-0.05, 0) is 132 Å². The average Bonchev–Trinajstić information content (AvgIpc) is 3.79. The van der Waals surface area contributed by atoms with Gasteiger partial charge in [0.1, 0.15) is 11.5 Å². The molecule has 0 N–H and O–H groups in total. The molecule has 312 valence electrons. The molecule has 1 atom stereocenters. The minimum absolute atomic E-state index is 0.154. The molecule has 2 heteroatoms. The largest absolute Gasteiger partial charge is 0.457 e. The Morgan fingerprint density at radius 3 is 1.39 bits per heavy atom. The lowest BCUT2D eigenvalue weighted by molar-refractivity contribution is 0.436. The summed E-state index contributed by atoms with van der Waals surface area (Å²) in [7, 11) is 0. The van der Waals surface area contributed by atoms with Gasteiger partial charge in [0, 0.05) is 33.6 Å². The quantitative estimate of drug-likeness (QED) is 0.165. The molecule has 1 spiro atoms. The lowest BCUT2D eigenvalue weighted by Crippen LogP contribution is -2.32. The van der Waals surface area contributed by atoms with E-state index in [-0.39, 0.29) is 5.41 Å². The third-order valence-electron chi connectivity index (χ3n) is 14.5. The first kappa shape index (κ1) is 38.3. The second kappa shape index (κ2) is 14.7. The van der Waals surface area contributed by atoms with Crippen LogP contribution in [0.3, 0.4) is 0 Å². The van der Waals surface area contributed by atoms with E-state index in [1.807, 2.05) is 0 Å². The summed E-state index contributed by atoms with van der Waals surface area (Å²) < 4.78 is 7.09. The van der Waals surface area contributed by atoms with Crippen LogP contribution in [0.4, 0.5) is 17.1 Å². The smallest absolute Gasteiger partial charge is 0.132 e. The highest BCUT2D eigenvalue weighted by Crippen LogP contribution is 2.64. The molecule has 13 rings (SSSR count). The molecule has 3 aliphatic rings. The Bertz CT molecular complexity index is 3520. The summed E-state index contributed by atoms with van der Waals surface area (Å²) in [5.41, 5.74) is 22.1. The first-order valence-electron chi connectivity index (χ1n) is 23.0. The maximum absolute atomic E-state index is 7.09. The standard InChI is InChI=1S/C64H45NO/c1-63(2)55-26-14-12-24-49(55)51-36-34-47(38-58(51)63)65(46-32-30-43(31-33-46)42-18-6-3-7-19-42)48-35-37-52-50-25-13-15-27-56(50)64(59(52)39-48)57-28-16-17-29-61(57)66-62-41-54(45-22-10-5-11-23-45)53(40-60(62)64)44-20-8-4-9-21-44/h3-41H,1-2H3. The van der Waals surface area contributed by atoms with Crippen molar-refractivity contribution < 1.29 is 4.74 Å². The summed E-state index contributed by atoms with van der Waals surface area (Å²) in [4.78, 5) is 2.46. The van der Waals surface area contributed by atoms with Crippen LogP contribution in [0.5, 0.6) is 11.5 Å². The number of benzene rings is 10. The Balaban J connectivity index is 1.07. The van der Waals surface area contributed by atoms with Gasteiger partial charge in [0.05, 0.1) is 5.41 Å². The second-order valence-corrected chi connectivity index (χ2v) is 18.4. The Hall–Kier alpha value is -8.20. The Morgan fingerprint density at radius 2 is 0.742 bits per heavy atom. The first-order chi connectivity index (χ1) is 32.5. The van der Waals surface area contributed by atoms with E-state index < -0.39 is 5.41 Å². The van der Waals surface area contributed by atoms with Crippen molar-refractivity contribution in [3.05, 3.63) is 270 Å². The van der Waals surface area contributed by atoms with Crippen LogP contribution in [0.1, 0.15) is 47.2 Å². The van der Waals surface area contributed by atoms with Gasteiger partial charge in [-0.25, -0.2) is 0 Å². The van der Waals surface area contributed by atoms with Crippen molar-refractivity contribution in [1.82, 2.24) is 0 Å². The summed E-state index contributed by atoms with van der Waals surface area (Å²) in [6.45, 7) is 4.73. The number of nitrogens with zero attached hydrogens (tertiary/aromatic N) is 1. The van der Waals surface area contributed by atoms with Crippen LogP contribution < -0.4 is 9.64 Å². The van der Waals surface area contributed by atoms with E-state index in [1.165, 1.54) is 66.8 Å². The fourth-order valence-corrected chi connectivity index (χ4v) is 11.5. The van der Waals surface area contributed by atoms with Crippen molar-refractivity contribution >= 4 is 17.1 Å². The van der Waals surface area contributed by atoms with Gasteiger partial charge in [-0.3, -0.25) is 0 Å². The minimum Gasteiger partial charge on any atom is -0.457 e. The molecule has 10 aromatic carbocycles. The molecule has 1 aliphatic heterocycles. The van der Waals surface area contributed by atoms with Crippen molar-refractivity contribution in [2.24, 2.45) is 0 Å². The van der Waals surface area contributed by atoms with Crippen LogP contribution in [0, 0.1) is 0 Å². The first-order valence-corrected chi connectivity index (χ1v) is 23.0. The molecule has 0 bridgehead atoms. The lowest BCUT2D eigenvalue weighted by Gasteiger charge is -2.40. The molecule has 1 unspecified atom stereocenters. The van der Waals surface area contributed by atoms with E-state index in [1.54, 1.807) is 0 Å². The molecule has 2 nitrogen and oxygen atoms in total. The number of anilines is 3. The van der Waals surface area contributed by atoms with Gasteiger partial charge in [0.15, 0.2) is 0 Å². The number of hydrogen-bond donors (Lipinski definition) is 0. The van der Waals surface area contributed by atoms with Gasteiger partial charge in [0.25, 0.3) is 0 Å². The number of para-hydroxylation sites is 1. The van der Waals surface area contributed by atoms with Gasteiger partial charge in [-0.2, -0.15) is 0 Å². The van der Waals surface area contributed by atoms with Crippen LogP contribution in [0.15, 0.2) is 237 Å². The van der Waals surface area contributed by atoms with Crippen molar-refractivity contribution in [3.63, 3.8) is 0 Å². The van der Waals surface area contributed by atoms with Crippen molar-refractivity contribution in [1.29, 1.82) is 0 Å². The molecule has 0 amide bonds. The summed E-state index contributed by atoms with van der Waals surface area (Å²) in [5.74, 6) is 1.74. The van der Waals surface area contributed by atoms with Crippen LogP contribution in [-0.2, 0) is 10.8 Å².